The molecule has 4 heteroatoms. The lowest BCUT2D eigenvalue weighted by molar-refractivity contribution is -0.150. The fourth-order valence-electron chi connectivity index (χ4n) is 2.75. The van der Waals surface area contributed by atoms with Gasteiger partial charge < -0.3 is 10.1 Å². The van der Waals surface area contributed by atoms with Crippen LogP contribution in [0.3, 0.4) is 0 Å². The summed E-state index contributed by atoms with van der Waals surface area (Å²) in [6.45, 7) is 1.77. The maximum atomic E-state index is 12.2. The van der Waals surface area contributed by atoms with Crippen LogP contribution in [0, 0.1) is 11.8 Å². The van der Waals surface area contributed by atoms with Gasteiger partial charge in [0.05, 0.1) is 12.0 Å². The van der Waals surface area contributed by atoms with E-state index in [-0.39, 0.29) is 30.4 Å². The van der Waals surface area contributed by atoms with Gasteiger partial charge in [0, 0.05) is 0 Å². The Labute approximate surface area is 141 Å². The monoisotopic (exact) mass is 323 g/mol. The van der Waals surface area contributed by atoms with Crippen molar-refractivity contribution in [2.24, 2.45) is 11.8 Å². The van der Waals surface area contributed by atoms with Crippen molar-refractivity contribution in [3.05, 3.63) is 71.8 Å². The van der Waals surface area contributed by atoms with Crippen molar-refractivity contribution in [2.45, 2.75) is 19.4 Å². The standard InChI is InChI=1S/C20H21NO3/c1-14-12-17(14)20(23)24-13-18(22)21-19(15-8-4-2-5-9-15)16-10-6-3-7-11-16/h2-11,14,17,19H,12-13H2,1H3,(H,21,22). The summed E-state index contributed by atoms with van der Waals surface area (Å²) in [7, 11) is 0. The van der Waals surface area contributed by atoms with Gasteiger partial charge in [0.2, 0.25) is 0 Å². The Bertz CT molecular complexity index is 660. The Hall–Kier alpha value is -2.62. The smallest absolute Gasteiger partial charge is 0.309 e. The summed E-state index contributed by atoms with van der Waals surface area (Å²) < 4.78 is 5.12. The minimum atomic E-state index is -0.297. The molecule has 0 heterocycles. The van der Waals surface area contributed by atoms with Gasteiger partial charge in [-0.25, -0.2) is 0 Å². The summed E-state index contributed by atoms with van der Waals surface area (Å²) in [6, 6.07) is 19.2. The van der Waals surface area contributed by atoms with Crippen molar-refractivity contribution in [2.75, 3.05) is 6.61 Å². The maximum absolute atomic E-state index is 12.2. The number of amides is 1. The third kappa shape index (κ3) is 4.02. The molecule has 1 aliphatic carbocycles. The maximum Gasteiger partial charge on any atom is 0.309 e. The molecule has 24 heavy (non-hydrogen) atoms. The second-order valence-corrected chi connectivity index (χ2v) is 6.25. The van der Waals surface area contributed by atoms with E-state index in [4.69, 9.17) is 4.74 Å². The van der Waals surface area contributed by atoms with Crippen molar-refractivity contribution < 1.29 is 14.3 Å². The third-order valence-corrected chi connectivity index (χ3v) is 4.33. The van der Waals surface area contributed by atoms with Gasteiger partial charge in [0.1, 0.15) is 0 Å². The number of carbonyl (C=O) groups excluding carboxylic acids is 2. The second kappa shape index (κ2) is 7.30. The van der Waals surface area contributed by atoms with E-state index in [9.17, 15) is 9.59 Å². The summed E-state index contributed by atoms with van der Waals surface area (Å²) in [4.78, 5) is 24.0. The third-order valence-electron chi connectivity index (χ3n) is 4.33. The second-order valence-electron chi connectivity index (χ2n) is 6.25. The van der Waals surface area contributed by atoms with Crippen molar-refractivity contribution in [1.82, 2.24) is 5.32 Å². The van der Waals surface area contributed by atoms with E-state index >= 15 is 0 Å². The van der Waals surface area contributed by atoms with Crippen LogP contribution in [-0.2, 0) is 14.3 Å². The molecule has 0 radical (unpaired) electrons. The number of hydrogen-bond donors (Lipinski definition) is 1. The molecule has 1 aliphatic rings. The van der Waals surface area contributed by atoms with Gasteiger partial charge in [-0.15, -0.1) is 0 Å². The molecular formula is C20H21NO3. The number of nitrogens with one attached hydrogen (secondary N) is 1. The molecule has 2 aromatic rings. The first-order valence-electron chi connectivity index (χ1n) is 8.21. The lowest BCUT2D eigenvalue weighted by Crippen LogP contribution is -2.33. The van der Waals surface area contributed by atoms with Crippen LogP contribution in [0.2, 0.25) is 0 Å². The molecule has 124 valence electrons. The molecule has 3 rings (SSSR count). The highest BCUT2D eigenvalue weighted by molar-refractivity contribution is 5.82. The largest absolute Gasteiger partial charge is 0.455 e. The topological polar surface area (TPSA) is 55.4 Å². The van der Waals surface area contributed by atoms with Crippen LogP contribution in [-0.4, -0.2) is 18.5 Å². The van der Waals surface area contributed by atoms with E-state index in [1.807, 2.05) is 67.6 Å². The number of benzene rings is 2. The predicted molar refractivity (Wildman–Crippen MR) is 91.1 cm³/mol. The Balaban J connectivity index is 1.65. The summed E-state index contributed by atoms with van der Waals surface area (Å²) >= 11 is 0. The molecule has 4 nitrogen and oxygen atoms in total. The minimum Gasteiger partial charge on any atom is -0.455 e. The van der Waals surface area contributed by atoms with E-state index in [1.165, 1.54) is 0 Å². The predicted octanol–water partition coefficient (Wildman–Crippen LogP) is 3.09. The molecule has 1 fully saturated rings. The van der Waals surface area contributed by atoms with Crippen molar-refractivity contribution in [3.8, 4) is 0 Å². The molecular weight excluding hydrogens is 302 g/mol. The van der Waals surface area contributed by atoms with Crippen LogP contribution >= 0.6 is 0 Å². The molecule has 0 aromatic heterocycles. The van der Waals surface area contributed by atoms with Crippen LogP contribution < -0.4 is 5.32 Å². The lowest BCUT2D eigenvalue weighted by atomic mass is 9.99. The van der Waals surface area contributed by atoms with Crippen LogP contribution in [0.5, 0.6) is 0 Å². The first-order valence-corrected chi connectivity index (χ1v) is 8.21. The van der Waals surface area contributed by atoms with E-state index in [2.05, 4.69) is 5.32 Å². The van der Waals surface area contributed by atoms with Crippen LogP contribution in [0.15, 0.2) is 60.7 Å². The molecule has 1 saturated carbocycles. The number of rotatable bonds is 6. The Morgan fingerprint density at radius 1 is 1.04 bits per heavy atom. The quantitative estimate of drug-likeness (QED) is 0.831. The summed E-state index contributed by atoms with van der Waals surface area (Å²) in [5.74, 6) is -0.221. The Morgan fingerprint density at radius 2 is 1.54 bits per heavy atom. The first kappa shape index (κ1) is 16.2. The number of hydrogen-bond acceptors (Lipinski definition) is 3. The number of carbonyl (C=O) groups is 2. The molecule has 0 saturated heterocycles. The lowest BCUT2D eigenvalue weighted by Gasteiger charge is -2.20. The van der Waals surface area contributed by atoms with Gasteiger partial charge >= 0.3 is 5.97 Å². The minimum absolute atomic E-state index is 0.0307. The zero-order valence-electron chi connectivity index (χ0n) is 13.6. The fourth-order valence-corrected chi connectivity index (χ4v) is 2.75. The highest BCUT2D eigenvalue weighted by Gasteiger charge is 2.40. The summed E-state index contributed by atoms with van der Waals surface area (Å²) in [5, 5.41) is 2.96. The summed E-state index contributed by atoms with van der Waals surface area (Å²) in [6.07, 6.45) is 0.858. The molecule has 1 amide bonds. The fraction of sp³-hybridized carbons (Fsp3) is 0.300. The zero-order valence-corrected chi connectivity index (χ0v) is 13.6. The summed E-state index contributed by atoms with van der Waals surface area (Å²) in [5.41, 5.74) is 1.97. The molecule has 0 spiro atoms. The van der Waals surface area contributed by atoms with Crippen molar-refractivity contribution >= 4 is 11.9 Å². The average Bonchev–Trinajstić information content (AvgIpc) is 3.36. The van der Waals surface area contributed by atoms with Gasteiger partial charge in [-0.05, 0) is 23.5 Å². The van der Waals surface area contributed by atoms with Crippen molar-refractivity contribution in [1.29, 1.82) is 0 Å². The number of ether oxygens (including phenoxy) is 1. The number of esters is 1. The van der Waals surface area contributed by atoms with Gasteiger partial charge in [0.25, 0.3) is 5.91 Å². The van der Waals surface area contributed by atoms with Crippen LogP contribution in [0.25, 0.3) is 0 Å². The molecule has 2 unspecified atom stereocenters. The van der Waals surface area contributed by atoms with Gasteiger partial charge in [-0.1, -0.05) is 67.6 Å². The molecule has 2 atom stereocenters. The van der Waals surface area contributed by atoms with Gasteiger partial charge in [-0.2, -0.15) is 0 Å². The first-order chi connectivity index (χ1) is 11.6. The normalized spacial score (nSPS) is 18.9. The average molecular weight is 323 g/mol. The van der Waals surface area contributed by atoms with Crippen LogP contribution in [0.4, 0.5) is 0 Å². The Morgan fingerprint density at radius 3 is 2.00 bits per heavy atom. The van der Waals surface area contributed by atoms with Gasteiger partial charge in [-0.3, -0.25) is 9.59 Å². The van der Waals surface area contributed by atoms with Crippen LogP contribution in [0.1, 0.15) is 30.5 Å². The molecule has 0 bridgehead atoms. The zero-order chi connectivity index (χ0) is 16.9. The molecule has 0 aliphatic heterocycles. The van der Waals surface area contributed by atoms with E-state index < -0.39 is 0 Å². The molecule has 1 N–H and O–H groups in total. The van der Waals surface area contributed by atoms with Gasteiger partial charge in [0.15, 0.2) is 6.61 Å². The van der Waals surface area contributed by atoms with E-state index in [0.29, 0.717) is 5.92 Å². The Kier molecular flexibility index (Phi) is 4.94. The van der Waals surface area contributed by atoms with E-state index in [0.717, 1.165) is 17.5 Å². The highest BCUT2D eigenvalue weighted by atomic mass is 16.5. The highest BCUT2D eigenvalue weighted by Crippen LogP contribution is 2.38. The SMILES string of the molecule is CC1CC1C(=O)OCC(=O)NC(c1ccccc1)c1ccccc1. The van der Waals surface area contributed by atoms with E-state index in [1.54, 1.807) is 0 Å². The van der Waals surface area contributed by atoms with Crippen molar-refractivity contribution in [3.63, 3.8) is 0 Å². The molecule has 2 aromatic carbocycles.